The molecule has 0 unspecified atom stereocenters. The maximum absolute atomic E-state index is 12.2. The van der Waals surface area contributed by atoms with E-state index in [1.54, 1.807) is 6.33 Å². The van der Waals surface area contributed by atoms with Crippen LogP contribution in [0.4, 0.5) is 0 Å². The molecule has 0 spiro atoms. The first-order chi connectivity index (χ1) is 12.3. The minimum absolute atomic E-state index is 0.0763. The molecule has 2 heterocycles. The topological polar surface area (TPSA) is 71.8 Å². The predicted octanol–water partition coefficient (Wildman–Crippen LogP) is 1.42. The third kappa shape index (κ3) is 3.74. The molecule has 6 heteroatoms. The number of nitrogens with one attached hydrogen (secondary N) is 2. The van der Waals surface area contributed by atoms with E-state index in [0.717, 1.165) is 44.6 Å². The Morgan fingerprint density at radius 2 is 2.16 bits per heavy atom. The summed E-state index contributed by atoms with van der Waals surface area (Å²) in [5.41, 5.74) is 2.85. The molecule has 0 saturated heterocycles. The molecule has 2 aliphatic rings. The van der Waals surface area contributed by atoms with Crippen LogP contribution in [0.15, 0.2) is 30.6 Å². The van der Waals surface area contributed by atoms with Crippen LogP contribution < -0.4 is 10.6 Å². The Morgan fingerprint density at radius 1 is 1.24 bits per heavy atom. The van der Waals surface area contributed by atoms with Crippen LogP contribution in [-0.2, 0) is 24.2 Å². The van der Waals surface area contributed by atoms with Crippen molar-refractivity contribution < 1.29 is 4.79 Å². The zero-order valence-corrected chi connectivity index (χ0v) is 14.4. The minimum atomic E-state index is 0.0763. The zero-order chi connectivity index (χ0) is 17.1. The Hall–Kier alpha value is -2.21. The molecule has 2 aromatic rings. The largest absolute Gasteiger partial charge is 0.354 e. The van der Waals surface area contributed by atoms with Gasteiger partial charge in [-0.1, -0.05) is 24.3 Å². The molecule has 1 aromatic carbocycles. The first kappa shape index (κ1) is 16.3. The molecule has 1 aromatic heterocycles. The van der Waals surface area contributed by atoms with E-state index in [2.05, 4.69) is 45.0 Å². The van der Waals surface area contributed by atoms with Gasteiger partial charge in [-0.2, -0.15) is 5.10 Å². The summed E-state index contributed by atoms with van der Waals surface area (Å²) < 4.78 is 1.93. The van der Waals surface area contributed by atoms with E-state index >= 15 is 0 Å². The van der Waals surface area contributed by atoms with Crippen molar-refractivity contribution in [3.8, 4) is 0 Å². The first-order valence-electron chi connectivity index (χ1n) is 9.24. The highest BCUT2D eigenvalue weighted by molar-refractivity contribution is 5.78. The molecule has 0 bridgehead atoms. The maximum Gasteiger partial charge on any atom is 0.233 e. The predicted molar refractivity (Wildman–Crippen MR) is 95.3 cm³/mol. The standard InChI is InChI=1S/C19H25N5O/c25-19(11-20-16-8-9-18-22-13-23-24(18)12-16)21-10-15-6-3-5-14-4-1-2-7-17(14)15/h1-2,4,7,13,15-16,20H,3,5-6,8-12H2,(H,21,25)/t15-,16-/m0/s1. The number of aryl methyl sites for hydroxylation is 2. The molecular formula is C19H25N5O. The van der Waals surface area contributed by atoms with Gasteiger partial charge in [-0.05, 0) is 36.8 Å². The van der Waals surface area contributed by atoms with Crippen LogP contribution in [0.5, 0.6) is 0 Å². The molecule has 4 rings (SSSR count). The second-order valence-electron chi connectivity index (χ2n) is 7.07. The summed E-state index contributed by atoms with van der Waals surface area (Å²) in [5, 5.41) is 10.7. The van der Waals surface area contributed by atoms with Crippen molar-refractivity contribution in [3.63, 3.8) is 0 Å². The number of fused-ring (bicyclic) bond motifs is 2. The van der Waals surface area contributed by atoms with E-state index in [0.29, 0.717) is 12.5 Å². The highest BCUT2D eigenvalue weighted by atomic mass is 16.1. The molecule has 2 N–H and O–H groups in total. The van der Waals surface area contributed by atoms with Crippen LogP contribution in [0.1, 0.15) is 42.1 Å². The highest BCUT2D eigenvalue weighted by Gasteiger charge is 2.22. The molecule has 1 amide bonds. The van der Waals surface area contributed by atoms with Crippen LogP contribution in [0.3, 0.4) is 0 Å². The lowest BCUT2D eigenvalue weighted by Gasteiger charge is -2.26. The second kappa shape index (κ2) is 7.35. The fourth-order valence-corrected chi connectivity index (χ4v) is 4.01. The van der Waals surface area contributed by atoms with Crippen LogP contribution in [0.2, 0.25) is 0 Å². The van der Waals surface area contributed by atoms with Crippen molar-refractivity contribution >= 4 is 5.91 Å². The number of hydrogen-bond donors (Lipinski definition) is 2. The summed E-state index contributed by atoms with van der Waals surface area (Å²) in [6, 6.07) is 8.92. The molecule has 1 aliphatic carbocycles. The minimum Gasteiger partial charge on any atom is -0.354 e. The Kier molecular flexibility index (Phi) is 4.78. The summed E-state index contributed by atoms with van der Waals surface area (Å²) in [4.78, 5) is 16.5. The van der Waals surface area contributed by atoms with Gasteiger partial charge in [0.05, 0.1) is 13.1 Å². The van der Waals surface area contributed by atoms with Crippen molar-refractivity contribution in [1.29, 1.82) is 0 Å². The van der Waals surface area contributed by atoms with E-state index in [1.807, 2.05) is 4.68 Å². The van der Waals surface area contributed by atoms with Crippen LogP contribution in [-0.4, -0.2) is 39.8 Å². The summed E-state index contributed by atoms with van der Waals surface area (Å²) in [5.74, 6) is 1.56. The molecule has 132 valence electrons. The van der Waals surface area contributed by atoms with Crippen LogP contribution in [0, 0.1) is 0 Å². The van der Waals surface area contributed by atoms with Gasteiger partial charge in [-0.15, -0.1) is 0 Å². The van der Waals surface area contributed by atoms with Gasteiger partial charge in [0.2, 0.25) is 5.91 Å². The lowest BCUT2D eigenvalue weighted by molar-refractivity contribution is -0.120. The smallest absolute Gasteiger partial charge is 0.233 e. The van der Waals surface area contributed by atoms with Gasteiger partial charge < -0.3 is 10.6 Å². The number of amides is 1. The Balaban J connectivity index is 1.24. The van der Waals surface area contributed by atoms with E-state index in [-0.39, 0.29) is 11.9 Å². The van der Waals surface area contributed by atoms with Gasteiger partial charge in [-0.3, -0.25) is 4.79 Å². The van der Waals surface area contributed by atoms with Crippen molar-refractivity contribution in [2.24, 2.45) is 0 Å². The first-order valence-corrected chi connectivity index (χ1v) is 9.24. The molecule has 25 heavy (non-hydrogen) atoms. The number of rotatable bonds is 5. The molecular weight excluding hydrogens is 314 g/mol. The van der Waals surface area contributed by atoms with Crippen LogP contribution >= 0.6 is 0 Å². The normalized spacial score (nSPS) is 22.1. The number of carbonyl (C=O) groups excluding carboxylic acids is 1. The molecule has 2 atom stereocenters. The fourth-order valence-electron chi connectivity index (χ4n) is 4.01. The number of hydrogen-bond acceptors (Lipinski definition) is 4. The number of aromatic nitrogens is 3. The monoisotopic (exact) mass is 339 g/mol. The van der Waals surface area contributed by atoms with Gasteiger partial charge >= 0.3 is 0 Å². The molecule has 1 aliphatic heterocycles. The quantitative estimate of drug-likeness (QED) is 0.864. The average Bonchev–Trinajstić information content (AvgIpc) is 3.12. The van der Waals surface area contributed by atoms with Gasteiger partial charge in [0.1, 0.15) is 12.2 Å². The van der Waals surface area contributed by atoms with E-state index < -0.39 is 0 Å². The van der Waals surface area contributed by atoms with Gasteiger partial charge in [0.15, 0.2) is 0 Å². The van der Waals surface area contributed by atoms with Gasteiger partial charge in [0.25, 0.3) is 0 Å². The maximum atomic E-state index is 12.2. The Labute approximate surface area is 148 Å². The molecule has 0 radical (unpaired) electrons. The highest BCUT2D eigenvalue weighted by Crippen LogP contribution is 2.30. The van der Waals surface area contributed by atoms with Gasteiger partial charge in [-0.25, -0.2) is 9.67 Å². The summed E-state index contributed by atoms with van der Waals surface area (Å²) in [6.07, 6.45) is 7.04. The van der Waals surface area contributed by atoms with Crippen molar-refractivity contribution in [2.75, 3.05) is 13.1 Å². The fraction of sp³-hybridized carbons (Fsp3) is 0.526. The lowest BCUT2D eigenvalue weighted by Crippen LogP contribution is -2.44. The number of benzene rings is 1. The van der Waals surface area contributed by atoms with Gasteiger partial charge in [0, 0.05) is 24.9 Å². The van der Waals surface area contributed by atoms with Crippen molar-refractivity contribution in [2.45, 2.75) is 50.6 Å². The third-order valence-corrected chi connectivity index (χ3v) is 5.40. The molecule has 0 saturated carbocycles. The van der Waals surface area contributed by atoms with E-state index in [1.165, 1.54) is 17.5 Å². The third-order valence-electron chi connectivity index (χ3n) is 5.40. The Bertz CT molecular complexity index is 741. The van der Waals surface area contributed by atoms with E-state index in [4.69, 9.17) is 0 Å². The summed E-state index contributed by atoms with van der Waals surface area (Å²) >= 11 is 0. The van der Waals surface area contributed by atoms with Crippen LogP contribution in [0.25, 0.3) is 0 Å². The summed E-state index contributed by atoms with van der Waals surface area (Å²) in [6.45, 7) is 1.89. The Morgan fingerprint density at radius 3 is 3.12 bits per heavy atom. The summed E-state index contributed by atoms with van der Waals surface area (Å²) in [7, 11) is 0. The SMILES string of the molecule is O=C(CN[C@H]1CCc2ncnn2C1)NC[C@@H]1CCCc2ccccc21. The second-order valence-corrected chi connectivity index (χ2v) is 7.07. The molecule has 6 nitrogen and oxygen atoms in total. The lowest BCUT2D eigenvalue weighted by atomic mass is 9.83. The van der Waals surface area contributed by atoms with E-state index in [9.17, 15) is 4.79 Å². The zero-order valence-electron chi connectivity index (χ0n) is 14.4. The number of carbonyl (C=O) groups is 1. The van der Waals surface area contributed by atoms with Crippen molar-refractivity contribution in [1.82, 2.24) is 25.4 Å². The number of nitrogens with zero attached hydrogens (tertiary/aromatic N) is 3. The molecule has 0 fully saturated rings. The van der Waals surface area contributed by atoms with Crippen molar-refractivity contribution in [3.05, 3.63) is 47.5 Å². The average molecular weight is 339 g/mol.